The fraction of sp³-hybridized carbons (Fsp3) is 0.467. The SMILES string of the molecule is CCC[C@@H](O)COc1ccc(C(F)(F)F)c(-c2nc(-c3c(C)noc3C)c(C)c(N3Cc4cnn(C(C)C)c4C3)n2)c1. The van der Waals surface area contributed by atoms with Gasteiger partial charge >= 0.3 is 6.18 Å². The highest BCUT2D eigenvalue weighted by molar-refractivity contribution is 5.76. The van der Waals surface area contributed by atoms with Gasteiger partial charge in [-0.2, -0.15) is 18.3 Å². The molecule has 0 fully saturated rings. The van der Waals surface area contributed by atoms with Crippen molar-refractivity contribution in [2.45, 2.75) is 85.8 Å². The number of rotatable bonds is 9. The molecule has 0 unspecified atom stereocenters. The van der Waals surface area contributed by atoms with Gasteiger partial charge in [0.1, 0.15) is 23.9 Å². The number of fused-ring (bicyclic) bond motifs is 1. The van der Waals surface area contributed by atoms with E-state index in [0.717, 1.165) is 23.7 Å². The molecule has 42 heavy (non-hydrogen) atoms. The second kappa shape index (κ2) is 11.4. The van der Waals surface area contributed by atoms with Crippen molar-refractivity contribution in [2.75, 3.05) is 11.5 Å². The standard InChI is InChI=1S/C30H35F3N6O3/c1-7-8-21(40)15-41-22-9-10-24(30(31,32)33)23(11-22)28-35-27(26-18(5)37-42-19(26)6)17(4)29(36-28)38-13-20-12-34-39(16(2)3)25(20)14-38/h9-12,16,21,40H,7-8,13-15H2,1-6H3/t21-/m1/s1. The third kappa shape index (κ3) is 5.59. The molecule has 0 bridgehead atoms. The van der Waals surface area contributed by atoms with Gasteiger partial charge in [0.05, 0.1) is 47.1 Å². The molecule has 0 aliphatic carbocycles. The first-order valence-corrected chi connectivity index (χ1v) is 14.0. The third-order valence-electron chi connectivity index (χ3n) is 7.47. The molecule has 1 aromatic carbocycles. The molecule has 4 heterocycles. The average molecular weight is 585 g/mol. The summed E-state index contributed by atoms with van der Waals surface area (Å²) in [5.41, 5.74) is 3.32. The first kappa shape index (κ1) is 29.6. The summed E-state index contributed by atoms with van der Waals surface area (Å²) in [6.45, 7) is 12.4. The van der Waals surface area contributed by atoms with Gasteiger partial charge in [0.25, 0.3) is 0 Å². The largest absolute Gasteiger partial charge is 0.491 e. The Morgan fingerprint density at radius 3 is 2.52 bits per heavy atom. The van der Waals surface area contributed by atoms with Gasteiger partial charge in [-0.1, -0.05) is 18.5 Å². The minimum atomic E-state index is -4.67. The van der Waals surface area contributed by atoms with E-state index < -0.39 is 17.8 Å². The molecule has 4 aromatic rings. The zero-order valence-electron chi connectivity index (χ0n) is 24.6. The van der Waals surface area contributed by atoms with Crippen LogP contribution in [0.15, 0.2) is 28.9 Å². The Kier molecular flexibility index (Phi) is 8.02. The van der Waals surface area contributed by atoms with E-state index >= 15 is 0 Å². The Morgan fingerprint density at radius 2 is 1.88 bits per heavy atom. The van der Waals surface area contributed by atoms with Crippen LogP contribution in [-0.4, -0.2) is 42.7 Å². The second-order valence-electron chi connectivity index (χ2n) is 11.0. The maximum absolute atomic E-state index is 14.3. The Labute approximate surface area is 242 Å². The van der Waals surface area contributed by atoms with Crippen LogP contribution < -0.4 is 9.64 Å². The van der Waals surface area contributed by atoms with Crippen LogP contribution >= 0.6 is 0 Å². The van der Waals surface area contributed by atoms with Crippen LogP contribution in [0.5, 0.6) is 5.75 Å². The highest BCUT2D eigenvalue weighted by Crippen LogP contribution is 2.42. The van der Waals surface area contributed by atoms with Gasteiger partial charge < -0.3 is 19.3 Å². The van der Waals surface area contributed by atoms with Crippen molar-refractivity contribution < 1.29 is 27.5 Å². The predicted molar refractivity (Wildman–Crippen MR) is 151 cm³/mol. The number of aryl methyl sites for hydroxylation is 2. The van der Waals surface area contributed by atoms with E-state index in [1.54, 1.807) is 13.8 Å². The topological polar surface area (TPSA) is 102 Å². The quantitative estimate of drug-likeness (QED) is 0.235. The molecule has 1 aliphatic rings. The van der Waals surface area contributed by atoms with Gasteiger partial charge in [0, 0.05) is 29.3 Å². The second-order valence-corrected chi connectivity index (χ2v) is 11.0. The van der Waals surface area contributed by atoms with E-state index in [0.29, 0.717) is 53.6 Å². The number of alkyl halides is 3. The molecule has 0 saturated heterocycles. The molecule has 0 saturated carbocycles. The number of benzene rings is 1. The zero-order valence-corrected chi connectivity index (χ0v) is 24.6. The van der Waals surface area contributed by atoms with Gasteiger partial charge in [0.2, 0.25) is 0 Å². The Bertz CT molecular complexity index is 1570. The number of hydrogen-bond donors (Lipinski definition) is 1. The summed E-state index contributed by atoms with van der Waals surface area (Å²) in [7, 11) is 0. The molecule has 1 atom stereocenters. The van der Waals surface area contributed by atoms with Crippen molar-refractivity contribution in [1.82, 2.24) is 24.9 Å². The maximum Gasteiger partial charge on any atom is 0.417 e. The number of hydrogen-bond acceptors (Lipinski definition) is 8. The minimum absolute atomic E-state index is 0.0398. The Balaban J connectivity index is 1.67. The van der Waals surface area contributed by atoms with Gasteiger partial charge in [0.15, 0.2) is 5.82 Å². The van der Waals surface area contributed by atoms with E-state index in [1.807, 2.05) is 29.6 Å². The molecule has 0 spiro atoms. The monoisotopic (exact) mass is 584 g/mol. The Morgan fingerprint density at radius 1 is 1.12 bits per heavy atom. The van der Waals surface area contributed by atoms with E-state index in [4.69, 9.17) is 19.2 Å². The lowest BCUT2D eigenvalue weighted by atomic mass is 10.0. The van der Waals surface area contributed by atoms with Crippen molar-refractivity contribution in [1.29, 1.82) is 0 Å². The molecule has 9 nitrogen and oxygen atoms in total. The molecule has 224 valence electrons. The van der Waals surface area contributed by atoms with Crippen molar-refractivity contribution >= 4 is 5.82 Å². The number of aliphatic hydroxyl groups excluding tert-OH is 1. The summed E-state index contributed by atoms with van der Waals surface area (Å²) < 4.78 is 56.1. The fourth-order valence-corrected chi connectivity index (χ4v) is 5.42. The van der Waals surface area contributed by atoms with Crippen molar-refractivity contribution in [3.05, 3.63) is 58.2 Å². The molecular formula is C30H35F3N6O3. The number of nitrogens with zero attached hydrogens (tertiary/aromatic N) is 6. The first-order valence-electron chi connectivity index (χ1n) is 14.0. The first-order chi connectivity index (χ1) is 19.9. The van der Waals surface area contributed by atoms with Crippen LogP contribution in [0.25, 0.3) is 22.6 Å². The number of aromatic nitrogens is 5. The summed E-state index contributed by atoms with van der Waals surface area (Å²) in [6, 6.07) is 3.67. The van der Waals surface area contributed by atoms with E-state index in [1.165, 1.54) is 12.1 Å². The van der Waals surface area contributed by atoms with Crippen molar-refractivity contribution in [3.63, 3.8) is 0 Å². The third-order valence-corrected chi connectivity index (χ3v) is 7.47. The van der Waals surface area contributed by atoms with E-state index in [9.17, 15) is 18.3 Å². The van der Waals surface area contributed by atoms with Crippen LogP contribution in [0.4, 0.5) is 19.0 Å². The predicted octanol–water partition coefficient (Wildman–Crippen LogP) is 6.58. The van der Waals surface area contributed by atoms with Gasteiger partial charge in [-0.25, -0.2) is 9.97 Å². The van der Waals surface area contributed by atoms with Gasteiger partial charge in [-0.3, -0.25) is 4.68 Å². The average Bonchev–Trinajstić information content (AvgIpc) is 3.61. The number of aliphatic hydroxyl groups is 1. The summed E-state index contributed by atoms with van der Waals surface area (Å²) in [4.78, 5) is 11.5. The van der Waals surface area contributed by atoms with E-state index in [-0.39, 0.29) is 29.8 Å². The molecule has 1 N–H and O–H groups in total. The fourth-order valence-electron chi connectivity index (χ4n) is 5.42. The lowest BCUT2D eigenvalue weighted by Crippen LogP contribution is -2.21. The van der Waals surface area contributed by atoms with Crippen molar-refractivity contribution in [2.24, 2.45) is 0 Å². The lowest BCUT2D eigenvalue weighted by molar-refractivity contribution is -0.137. The molecule has 0 amide bonds. The molecule has 1 aliphatic heterocycles. The summed E-state index contributed by atoms with van der Waals surface area (Å²) >= 11 is 0. The molecular weight excluding hydrogens is 549 g/mol. The molecule has 0 radical (unpaired) electrons. The number of ether oxygens (including phenoxy) is 1. The normalized spacial score (nSPS) is 14.1. The highest BCUT2D eigenvalue weighted by atomic mass is 19.4. The maximum atomic E-state index is 14.3. The summed E-state index contributed by atoms with van der Waals surface area (Å²) in [6.07, 6.45) is -2.29. The van der Waals surface area contributed by atoms with Crippen LogP contribution in [0, 0.1) is 20.8 Å². The molecule has 5 rings (SSSR count). The zero-order chi connectivity index (χ0) is 30.3. The van der Waals surface area contributed by atoms with E-state index in [2.05, 4.69) is 24.1 Å². The number of anilines is 1. The van der Waals surface area contributed by atoms with Crippen LogP contribution in [0.2, 0.25) is 0 Å². The molecule has 3 aromatic heterocycles. The number of halogens is 3. The van der Waals surface area contributed by atoms with Gasteiger partial charge in [-0.05, 0) is 59.2 Å². The van der Waals surface area contributed by atoms with Crippen LogP contribution in [0.1, 0.15) is 73.5 Å². The molecule has 12 heteroatoms. The lowest BCUT2D eigenvalue weighted by Gasteiger charge is -2.23. The summed E-state index contributed by atoms with van der Waals surface area (Å²) in [5.74, 6) is 1.10. The Hall–Kier alpha value is -3.93. The van der Waals surface area contributed by atoms with Crippen LogP contribution in [-0.2, 0) is 19.3 Å². The van der Waals surface area contributed by atoms with Crippen LogP contribution in [0.3, 0.4) is 0 Å². The summed E-state index contributed by atoms with van der Waals surface area (Å²) in [5, 5.41) is 18.7. The smallest absolute Gasteiger partial charge is 0.417 e. The van der Waals surface area contributed by atoms with Crippen molar-refractivity contribution in [3.8, 4) is 28.4 Å². The van der Waals surface area contributed by atoms with Gasteiger partial charge in [-0.15, -0.1) is 0 Å². The highest BCUT2D eigenvalue weighted by Gasteiger charge is 2.36. The minimum Gasteiger partial charge on any atom is -0.491 e.